The molecule has 0 amide bonds. The van der Waals surface area contributed by atoms with Crippen LogP contribution in [0.15, 0.2) is 116 Å². The van der Waals surface area contributed by atoms with Gasteiger partial charge in [0.2, 0.25) is 0 Å². The summed E-state index contributed by atoms with van der Waals surface area (Å²) in [5.74, 6) is 1.87. The Morgan fingerprint density at radius 2 is 0.909 bits per heavy atom. The lowest BCUT2D eigenvalue weighted by Crippen LogP contribution is -2.61. The molecule has 0 radical (unpaired) electrons. The molecule has 0 saturated carbocycles. The number of hydrogen-bond donors (Lipinski definition) is 0. The minimum Gasteiger partial charge on any atom is -0.296 e. The number of benzene rings is 4. The standard InChI is InChI=1S/C28H19BN4/c1-3-11-20(12-4-1)32-24-17-9-7-15-22(24)29-23-16-8-10-18-25(23)33(21-13-5-2-6-14-21)28-26(29)27(32)30-19-31-28/h1-19H. The van der Waals surface area contributed by atoms with Crippen LogP contribution in [0, 0.1) is 0 Å². The normalized spacial score (nSPS) is 13.3. The fourth-order valence-electron chi connectivity index (χ4n) is 5.25. The van der Waals surface area contributed by atoms with E-state index >= 15 is 0 Å². The third-order valence-electron chi connectivity index (χ3n) is 6.56. The second kappa shape index (κ2) is 7.07. The molecule has 0 spiro atoms. The topological polar surface area (TPSA) is 32.3 Å². The van der Waals surface area contributed by atoms with E-state index in [-0.39, 0.29) is 6.71 Å². The van der Waals surface area contributed by atoms with Crippen molar-refractivity contribution < 1.29 is 0 Å². The van der Waals surface area contributed by atoms with Gasteiger partial charge in [0.15, 0.2) is 0 Å². The predicted molar refractivity (Wildman–Crippen MR) is 136 cm³/mol. The second-order valence-corrected chi connectivity index (χ2v) is 8.33. The van der Waals surface area contributed by atoms with Gasteiger partial charge in [-0.3, -0.25) is 9.80 Å². The Morgan fingerprint density at radius 1 is 0.485 bits per heavy atom. The molecule has 0 saturated heterocycles. The molecule has 33 heavy (non-hydrogen) atoms. The van der Waals surface area contributed by atoms with Crippen molar-refractivity contribution in [2.45, 2.75) is 0 Å². The molecule has 0 atom stereocenters. The van der Waals surface area contributed by atoms with Gasteiger partial charge in [-0.2, -0.15) is 0 Å². The number of para-hydroxylation sites is 4. The van der Waals surface area contributed by atoms with Gasteiger partial charge in [0.05, 0.1) is 0 Å². The van der Waals surface area contributed by atoms with E-state index in [0.29, 0.717) is 0 Å². The Hall–Kier alpha value is -4.38. The summed E-state index contributed by atoms with van der Waals surface area (Å²) >= 11 is 0. The fraction of sp³-hybridized carbons (Fsp3) is 0. The van der Waals surface area contributed by atoms with Crippen LogP contribution in [0.1, 0.15) is 0 Å². The first-order valence-electron chi connectivity index (χ1n) is 11.1. The van der Waals surface area contributed by atoms with Crippen LogP contribution in [0.4, 0.5) is 34.4 Å². The molecule has 4 aromatic carbocycles. The first-order valence-corrected chi connectivity index (χ1v) is 11.1. The zero-order chi connectivity index (χ0) is 21.8. The summed E-state index contributed by atoms with van der Waals surface area (Å²) in [6, 6.07) is 38.3. The van der Waals surface area contributed by atoms with Crippen molar-refractivity contribution in [1.82, 2.24) is 9.97 Å². The van der Waals surface area contributed by atoms with Gasteiger partial charge < -0.3 is 0 Å². The smallest absolute Gasteiger partial charge is 0.256 e. The molecular weight excluding hydrogens is 403 g/mol. The van der Waals surface area contributed by atoms with E-state index in [1.807, 2.05) is 12.1 Å². The Kier molecular flexibility index (Phi) is 3.90. The lowest BCUT2D eigenvalue weighted by atomic mass is 9.34. The SMILES string of the molecule is c1ccc(N2c3ccccc3B3c4ccccc4N(c4ccccc4)c4ncnc2c43)cc1. The van der Waals surface area contributed by atoms with E-state index in [2.05, 4.69) is 107 Å². The molecule has 5 aromatic rings. The van der Waals surface area contributed by atoms with Gasteiger partial charge in [0.1, 0.15) is 18.0 Å². The average molecular weight is 422 g/mol. The van der Waals surface area contributed by atoms with Gasteiger partial charge in [-0.25, -0.2) is 9.97 Å². The van der Waals surface area contributed by atoms with Crippen LogP contribution in [-0.4, -0.2) is 16.7 Å². The van der Waals surface area contributed by atoms with Crippen molar-refractivity contribution in [2.24, 2.45) is 0 Å². The zero-order valence-corrected chi connectivity index (χ0v) is 17.8. The van der Waals surface area contributed by atoms with Crippen LogP contribution in [0.2, 0.25) is 0 Å². The third kappa shape index (κ3) is 2.59. The van der Waals surface area contributed by atoms with E-state index in [0.717, 1.165) is 39.8 Å². The van der Waals surface area contributed by atoms with Crippen LogP contribution in [0.25, 0.3) is 0 Å². The molecule has 1 aromatic heterocycles. The lowest BCUT2D eigenvalue weighted by Gasteiger charge is -2.42. The average Bonchev–Trinajstić information content (AvgIpc) is 2.89. The highest BCUT2D eigenvalue weighted by molar-refractivity contribution is 7.00. The Bertz CT molecular complexity index is 1380. The molecular formula is C28H19BN4. The van der Waals surface area contributed by atoms with Crippen molar-refractivity contribution in [2.75, 3.05) is 9.80 Å². The third-order valence-corrected chi connectivity index (χ3v) is 6.56. The van der Waals surface area contributed by atoms with Crippen LogP contribution in [0.3, 0.4) is 0 Å². The van der Waals surface area contributed by atoms with Gasteiger partial charge in [-0.05, 0) is 47.3 Å². The monoisotopic (exact) mass is 422 g/mol. The van der Waals surface area contributed by atoms with Crippen LogP contribution >= 0.6 is 0 Å². The maximum Gasteiger partial charge on any atom is 0.256 e. The quantitative estimate of drug-likeness (QED) is 0.383. The molecule has 2 aliphatic rings. The molecule has 5 heteroatoms. The van der Waals surface area contributed by atoms with Crippen molar-refractivity contribution in [1.29, 1.82) is 0 Å². The molecule has 7 rings (SSSR count). The predicted octanol–water partition coefficient (Wildman–Crippen LogP) is 4.56. The van der Waals surface area contributed by atoms with Crippen LogP contribution in [0.5, 0.6) is 0 Å². The van der Waals surface area contributed by atoms with E-state index in [9.17, 15) is 0 Å². The van der Waals surface area contributed by atoms with E-state index < -0.39 is 0 Å². The van der Waals surface area contributed by atoms with Gasteiger partial charge >= 0.3 is 0 Å². The summed E-state index contributed by atoms with van der Waals surface area (Å²) < 4.78 is 0. The van der Waals surface area contributed by atoms with E-state index in [4.69, 9.17) is 9.97 Å². The molecule has 0 fully saturated rings. The van der Waals surface area contributed by atoms with Gasteiger partial charge in [0.25, 0.3) is 6.71 Å². The summed E-state index contributed by atoms with van der Waals surface area (Å²) in [5.41, 5.74) is 8.18. The second-order valence-electron chi connectivity index (χ2n) is 8.33. The molecule has 0 bridgehead atoms. The van der Waals surface area contributed by atoms with Crippen molar-refractivity contribution in [3.05, 3.63) is 116 Å². The number of nitrogens with zero attached hydrogens (tertiary/aromatic N) is 4. The number of aromatic nitrogens is 2. The fourth-order valence-corrected chi connectivity index (χ4v) is 5.25. The Labute approximate surface area is 192 Å². The Balaban J connectivity index is 1.58. The minimum atomic E-state index is 0.0727. The molecule has 0 unspecified atom stereocenters. The van der Waals surface area contributed by atoms with Crippen LogP contribution in [-0.2, 0) is 0 Å². The number of rotatable bonds is 2. The first kappa shape index (κ1) is 18.2. The van der Waals surface area contributed by atoms with Crippen LogP contribution < -0.4 is 26.2 Å². The summed E-state index contributed by atoms with van der Waals surface area (Å²) in [6.45, 7) is 0.0727. The van der Waals surface area contributed by atoms with Crippen molar-refractivity contribution in [3.63, 3.8) is 0 Å². The highest BCUT2D eigenvalue weighted by Crippen LogP contribution is 2.41. The molecule has 2 aliphatic heterocycles. The van der Waals surface area contributed by atoms with E-state index in [1.165, 1.54) is 10.9 Å². The largest absolute Gasteiger partial charge is 0.296 e. The number of hydrogen-bond acceptors (Lipinski definition) is 4. The zero-order valence-electron chi connectivity index (χ0n) is 17.8. The highest BCUT2D eigenvalue weighted by Gasteiger charge is 2.44. The maximum absolute atomic E-state index is 4.86. The summed E-state index contributed by atoms with van der Waals surface area (Å²) in [7, 11) is 0. The lowest BCUT2D eigenvalue weighted by molar-refractivity contribution is 1.09. The maximum atomic E-state index is 4.86. The molecule has 154 valence electrons. The van der Waals surface area contributed by atoms with Gasteiger partial charge in [-0.1, -0.05) is 72.8 Å². The number of anilines is 6. The van der Waals surface area contributed by atoms with E-state index in [1.54, 1.807) is 6.33 Å². The van der Waals surface area contributed by atoms with Gasteiger partial charge in [-0.15, -0.1) is 0 Å². The molecule has 3 heterocycles. The van der Waals surface area contributed by atoms with Crippen molar-refractivity contribution in [3.8, 4) is 0 Å². The Morgan fingerprint density at radius 3 is 1.39 bits per heavy atom. The summed E-state index contributed by atoms with van der Waals surface area (Å²) in [4.78, 5) is 14.3. The first-order chi connectivity index (χ1) is 16.4. The number of fused-ring (bicyclic) bond motifs is 4. The molecule has 4 nitrogen and oxygen atoms in total. The molecule has 0 aliphatic carbocycles. The molecule has 0 N–H and O–H groups in total. The minimum absolute atomic E-state index is 0.0727. The van der Waals surface area contributed by atoms with Crippen molar-refractivity contribution >= 4 is 57.5 Å². The summed E-state index contributed by atoms with van der Waals surface area (Å²) in [5, 5.41) is 0. The van der Waals surface area contributed by atoms with Gasteiger partial charge in [0, 0.05) is 28.2 Å². The highest BCUT2D eigenvalue weighted by atomic mass is 15.3. The summed E-state index contributed by atoms with van der Waals surface area (Å²) in [6.07, 6.45) is 1.69.